The molecule has 1 heterocycles. The highest BCUT2D eigenvalue weighted by Crippen LogP contribution is 2.16. The van der Waals surface area contributed by atoms with Gasteiger partial charge in [0.15, 0.2) is 0 Å². The summed E-state index contributed by atoms with van der Waals surface area (Å²) in [6.45, 7) is 1.05. The van der Waals surface area contributed by atoms with Gasteiger partial charge in [0.25, 0.3) is 12.1 Å². The molecule has 1 aliphatic rings. The average Bonchev–Trinajstić information content (AvgIpc) is 2.30. The summed E-state index contributed by atoms with van der Waals surface area (Å²) >= 11 is 0. The number of primary amides is 1. The van der Waals surface area contributed by atoms with Crippen LogP contribution in [-0.2, 0) is 14.3 Å². The molecule has 2 N–H and O–H groups in total. The van der Waals surface area contributed by atoms with E-state index >= 15 is 0 Å². The lowest BCUT2D eigenvalue weighted by Gasteiger charge is -2.16. The van der Waals surface area contributed by atoms with E-state index < -0.39 is 30.2 Å². The van der Waals surface area contributed by atoms with Crippen LogP contribution in [0.5, 0.6) is 0 Å². The molecule has 0 aromatic carbocycles. The second kappa shape index (κ2) is 3.56. The summed E-state index contributed by atoms with van der Waals surface area (Å²) in [5.74, 6) is -1.60. The van der Waals surface area contributed by atoms with Crippen LogP contribution in [0.25, 0.3) is 0 Å². The van der Waals surface area contributed by atoms with Crippen molar-refractivity contribution in [2.75, 3.05) is 7.05 Å². The summed E-state index contributed by atoms with van der Waals surface area (Å²) in [5.41, 5.74) is 4.87. The zero-order chi connectivity index (χ0) is 11.7. The third-order valence-corrected chi connectivity index (χ3v) is 1.78. The molecule has 1 fully saturated rings. The number of urea groups is 2. The molecule has 0 aliphatic carbocycles. The van der Waals surface area contributed by atoms with Gasteiger partial charge in [0.2, 0.25) is 0 Å². The van der Waals surface area contributed by atoms with Crippen molar-refractivity contribution < 1.29 is 23.9 Å². The van der Waals surface area contributed by atoms with Crippen molar-refractivity contribution in [1.82, 2.24) is 9.80 Å². The van der Waals surface area contributed by atoms with Crippen LogP contribution >= 0.6 is 0 Å². The van der Waals surface area contributed by atoms with Gasteiger partial charge < -0.3 is 10.5 Å². The van der Waals surface area contributed by atoms with Gasteiger partial charge in [0, 0.05) is 14.0 Å². The van der Waals surface area contributed by atoms with E-state index in [0.29, 0.717) is 9.80 Å². The Bertz CT molecular complexity index is 353. The number of imide groups is 2. The number of nitrogens with two attached hydrogens (primary N) is 1. The van der Waals surface area contributed by atoms with Gasteiger partial charge in [-0.15, -0.1) is 0 Å². The molecule has 1 atom stereocenters. The zero-order valence-corrected chi connectivity index (χ0v) is 8.09. The maximum atomic E-state index is 11.3. The first-order valence-corrected chi connectivity index (χ1v) is 3.93. The highest BCUT2D eigenvalue weighted by Gasteiger charge is 2.48. The van der Waals surface area contributed by atoms with Crippen LogP contribution in [0.3, 0.4) is 0 Å². The first-order valence-electron chi connectivity index (χ1n) is 3.93. The van der Waals surface area contributed by atoms with Crippen LogP contribution in [0.1, 0.15) is 6.92 Å². The summed E-state index contributed by atoms with van der Waals surface area (Å²) < 4.78 is 4.51. The van der Waals surface area contributed by atoms with E-state index in [-0.39, 0.29) is 0 Å². The largest absolute Gasteiger partial charge is 0.431 e. The summed E-state index contributed by atoms with van der Waals surface area (Å²) in [4.78, 5) is 45.2. The third kappa shape index (κ3) is 1.73. The Morgan fingerprint density at radius 1 is 1.40 bits per heavy atom. The first kappa shape index (κ1) is 11.0. The van der Waals surface area contributed by atoms with Gasteiger partial charge in [-0.05, 0) is 0 Å². The van der Waals surface area contributed by atoms with Gasteiger partial charge in [0.1, 0.15) is 0 Å². The Morgan fingerprint density at radius 3 is 2.33 bits per heavy atom. The number of esters is 1. The second-order valence-electron chi connectivity index (χ2n) is 2.85. The zero-order valence-electron chi connectivity index (χ0n) is 8.09. The summed E-state index contributed by atoms with van der Waals surface area (Å²) in [5, 5.41) is 0. The van der Waals surface area contributed by atoms with Gasteiger partial charge >= 0.3 is 18.0 Å². The van der Waals surface area contributed by atoms with Crippen LogP contribution in [-0.4, -0.2) is 47.0 Å². The monoisotopic (exact) mass is 215 g/mol. The van der Waals surface area contributed by atoms with Crippen LogP contribution < -0.4 is 5.73 Å². The molecule has 0 aromatic rings. The summed E-state index contributed by atoms with van der Waals surface area (Å²) in [6, 6.07) is -2.07. The van der Waals surface area contributed by atoms with E-state index in [2.05, 4.69) is 4.74 Å². The molecule has 82 valence electrons. The van der Waals surface area contributed by atoms with Crippen molar-refractivity contribution in [2.24, 2.45) is 5.73 Å². The van der Waals surface area contributed by atoms with E-state index in [0.717, 1.165) is 14.0 Å². The number of carbonyl (C=O) groups excluding carboxylic acids is 4. The van der Waals surface area contributed by atoms with Crippen molar-refractivity contribution in [3.05, 3.63) is 0 Å². The number of hydrogen-bond acceptors (Lipinski definition) is 5. The Hall–Kier alpha value is -2.12. The predicted octanol–water partition coefficient (Wildman–Crippen LogP) is -1.15. The molecule has 1 saturated heterocycles. The second-order valence-corrected chi connectivity index (χ2v) is 2.85. The summed E-state index contributed by atoms with van der Waals surface area (Å²) in [7, 11) is 1.16. The van der Waals surface area contributed by atoms with E-state index in [1.54, 1.807) is 0 Å². The van der Waals surface area contributed by atoms with E-state index in [1.807, 2.05) is 0 Å². The van der Waals surface area contributed by atoms with Crippen LogP contribution in [0.2, 0.25) is 0 Å². The van der Waals surface area contributed by atoms with Crippen LogP contribution in [0, 0.1) is 0 Å². The molecule has 1 aliphatic heterocycles. The number of likely N-dealkylation sites (N-methyl/N-ethyl adjacent to an activating group) is 1. The number of rotatable bonds is 1. The van der Waals surface area contributed by atoms with E-state index in [1.165, 1.54) is 0 Å². The number of hydrogen-bond donors (Lipinski definition) is 1. The first-order chi connectivity index (χ1) is 6.86. The maximum Gasteiger partial charge on any atom is 0.338 e. The average molecular weight is 215 g/mol. The minimum Gasteiger partial charge on any atom is -0.431 e. The molecule has 5 amide bonds. The molecule has 0 bridgehead atoms. The highest BCUT2D eigenvalue weighted by molar-refractivity contribution is 6.10. The van der Waals surface area contributed by atoms with Crippen molar-refractivity contribution in [3.8, 4) is 0 Å². The van der Waals surface area contributed by atoms with Gasteiger partial charge in [-0.25, -0.2) is 9.59 Å². The van der Waals surface area contributed by atoms with Crippen molar-refractivity contribution in [2.45, 2.75) is 13.2 Å². The lowest BCUT2D eigenvalue weighted by atomic mass is 10.5. The fraction of sp³-hybridized carbons (Fsp3) is 0.429. The van der Waals surface area contributed by atoms with Crippen molar-refractivity contribution in [3.63, 3.8) is 0 Å². The fourth-order valence-electron chi connectivity index (χ4n) is 1.10. The lowest BCUT2D eigenvalue weighted by Crippen LogP contribution is -2.45. The molecule has 0 spiro atoms. The minimum atomic E-state index is -1.59. The normalized spacial score (nSPS) is 20.8. The van der Waals surface area contributed by atoms with Gasteiger partial charge in [0.05, 0.1) is 0 Å². The lowest BCUT2D eigenvalue weighted by molar-refractivity contribution is -0.158. The molecule has 1 rings (SSSR count). The van der Waals surface area contributed by atoms with Gasteiger partial charge in [-0.3, -0.25) is 14.5 Å². The van der Waals surface area contributed by atoms with Crippen LogP contribution in [0.15, 0.2) is 0 Å². The smallest absolute Gasteiger partial charge is 0.338 e. The molecule has 8 heteroatoms. The molecular weight excluding hydrogens is 206 g/mol. The maximum absolute atomic E-state index is 11.3. The Morgan fingerprint density at radius 2 is 1.93 bits per heavy atom. The van der Waals surface area contributed by atoms with Crippen LogP contribution in [0.4, 0.5) is 9.59 Å². The van der Waals surface area contributed by atoms with Crippen molar-refractivity contribution in [1.29, 1.82) is 0 Å². The number of ether oxygens (including phenoxy) is 1. The SMILES string of the molecule is CC(=O)OC1C(=O)N(C)C(=O)N1C(N)=O. The highest BCUT2D eigenvalue weighted by atomic mass is 16.6. The molecule has 0 radical (unpaired) electrons. The van der Waals surface area contributed by atoms with Gasteiger partial charge in [-0.1, -0.05) is 0 Å². The van der Waals surface area contributed by atoms with Crippen molar-refractivity contribution >= 4 is 23.9 Å². The van der Waals surface area contributed by atoms with Gasteiger partial charge in [-0.2, -0.15) is 4.90 Å². The minimum absolute atomic E-state index is 0.379. The fourth-order valence-corrected chi connectivity index (χ4v) is 1.10. The predicted molar refractivity (Wildman–Crippen MR) is 45.1 cm³/mol. The topological polar surface area (TPSA) is 110 Å². The van der Waals surface area contributed by atoms with E-state index in [9.17, 15) is 19.2 Å². The quantitative estimate of drug-likeness (QED) is 0.438. The molecule has 0 aromatic heterocycles. The van der Waals surface area contributed by atoms with E-state index in [4.69, 9.17) is 5.73 Å². The Balaban J connectivity index is 3.00. The molecule has 1 unspecified atom stereocenters. The number of nitrogens with zero attached hydrogens (tertiary/aromatic N) is 2. The Kier molecular flexibility index (Phi) is 2.60. The Labute approximate surface area is 84.5 Å². The third-order valence-electron chi connectivity index (χ3n) is 1.78. The number of carbonyl (C=O) groups is 4. The summed E-state index contributed by atoms with van der Waals surface area (Å²) in [6.07, 6.45) is -1.59. The molecule has 15 heavy (non-hydrogen) atoms. The molecule has 8 nitrogen and oxygen atoms in total. The molecular formula is C7H9N3O5. The number of amides is 5. The molecule has 0 saturated carbocycles. The standard InChI is InChI=1S/C7H9N3O5/c1-3(11)15-5-4(12)9(2)7(14)10(5)6(8)13/h5H,1-2H3,(H2,8,13).